The Morgan fingerprint density at radius 2 is 2.31 bits per heavy atom. The average Bonchev–Trinajstić information content (AvgIpc) is 2.98. The number of aromatic nitrogens is 2. The number of rotatable bonds is 7. The molecule has 0 atom stereocenters. The molecule has 1 saturated carbocycles. The fourth-order valence-corrected chi connectivity index (χ4v) is 2.31. The number of hydrogen-bond acceptors (Lipinski definition) is 5. The zero-order chi connectivity index (χ0) is 11.4. The standard InChI is InChI=1S/C10H16ClN3OS/c1-14(4-5-15-7-8-2-3-8)6-9-12-13-10(11)16-9/h8H,2-7H2,1H3. The maximum Gasteiger partial charge on any atom is 0.207 e. The van der Waals surface area contributed by atoms with Crippen LogP contribution in [0.5, 0.6) is 0 Å². The second-order valence-corrected chi connectivity index (χ2v) is 5.85. The van der Waals surface area contributed by atoms with E-state index in [9.17, 15) is 0 Å². The monoisotopic (exact) mass is 261 g/mol. The number of nitrogens with zero attached hydrogens (tertiary/aromatic N) is 3. The Kier molecular flexibility index (Phi) is 4.52. The third kappa shape index (κ3) is 4.33. The molecule has 6 heteroatoms. The summed E-state index contributed by atoms with van der Waals surface area (Å²) in [5.41, 5.74) is 0. The molecule has 16 heavy (non-hydrogen) atoms. The molecular formula is C10H16ClN3OS. The van der Waals surface area contributed by atoms with E-state index in [1.54, 1.807) is 0 Å². The zero-order valence-electron chi connectivity index (χ0n) is 9.36. The lowest BCUT2D eigenvalue weighted by molar-refractivity contribution is 0.102. The molecule has 4 nitrogen and oxygen atoms in total. The molecule has 0 aromatic carbocycles. The van der Waals surface area contributed by atoms with E-state index in [-0.39, 0.29) is 0 Å². The second-order valence-electron chi connectivity index (χ2n) is 4.20. The van der Waals surface area contributed by atoms with Gasteiger partial charge >= 0.3 is 0 Å². The number of hydrogen-bond donors (Lipinski definition) is 0. The lowest BCUT2D eigenvalue weighted by atomic mass is 10.5. The van der Waals surface area contributed by atoms with Crippen LogP contribution in [-0.4, -0.2) is 41.9 Å². The van der Waals surface area contributed by atoms with E-state index in [4.69, 9.17) is 16.3 Å². The number of ether oxygens (including phenoxy) is 1. The van der Waals surface area contributed by atoms with Crippen LogP contribution in [0.4, 0.5) is 0 Å². The maximum absolute atomic E-state index is 5.71. The van der Waals surface area contributed by atoms with Crippen molar-refractivity contribution in [1.82, 2.24) is 15.1 Å². The van der Waals surface area contributed by atoms with Gasteiger partial charge in [-0.05, 0) is 37.4 Å². The first-order chi connectivity index (χ1) is 7.74. The second kappa shape index (κ2) is 5.91. The largest absolute Gasteiger partial charge is 0.380 e. The van der Waals surface area contributed by atoms with Gasteiger partial charge in [0.1, 0.15) is 5.01 Å². The van der Waals surface area contributed by atoms with Crippen LogP contribution in [0.15, 0.2) is 0 Å². The van der Waals surface area contributed by atoms with Crippen LogP contribution in [-0.2, 0) is 11.3 Å². The molecule has 90 valence electrons. The summed E-state index contributed by atoms with van der Waals surface area (Å²) < 4.78 is 6.08. The number of halogens is 1. The van der Waals surface area contributed by atoms with Gasteiger partial charge in [0.05, 0.1) is 13.2 Å². The zero-order valence-corrected chi connectivity index (χ0v) is 10.9. The van der Waals surface area contributed by atoms with E-state index in [1.165, 1.54) is 24.2 Å². The summed E-state index contributed by atoms with van der Waals surface area (Å²) in [6.07, 6.45) is 2.69. The summed E-state index contributed by atoms with van der Waals surface area (Å²) in [4.78, 5) is 2.17. The van der Waals surface area contributed by atoms with Gasteiger partial charge in [-0.25, -0.2) is 0 Å². The molecule has 1 aliphatic carbocycles. The van der Waals surface area contributed by atoms with Crippen LogP contribution in [0.3, 0.4) is 0 Å². The summed E-state index contributed by atoms with van der Waals surface area (Å²) in [5.74, 6) is 0.840. The van der Waals surface area contributed by atoms with E-state index >= 15 is 0 Å². The molecule has 1 fully saturated rings. The van der Waals surface area contributed by atoms with Gasteiger partial charge in [-0.15, -0.1) is 10.2 Å². The van der Waals surface area contributed by atoms with Crippen LogP contribution in [0.25, 0.3) is 0 Å². The first kappa shape index (κ1) is 12.2. The van der Waals surface area contributed by atoms with Gasteiger partial charge in [-0.1, -0.05) is 11.3 Å². The molecule has 1 aromatic heterocycles. The highest BCUT2D eigenvalue weighted by molar-refractivity contribution is 7.15. The van der Waals surface area contributed by atoms with Gasteiger partial charge in [0.15, 0.2) is 0 Å². The molecule has 0 spiro atoms. The summed E-state index contributed by atoms with van der Waals surface area (Å²) >= 11 is 7.15. The Bertz CT molecular complexity index is 330. The van der Waals surface area contributed by atoms with Crippen LogP contribution < -0.4 is 0 Å². The van der Waals surface area contributed by atoms with Gasteiger partial charge in [-0.2, -0.15) is 0 Å². The summed E-state index contributed by atoms with van der Waals surface area (Å²) in [6.45, 7) is 3.43. The molecule has 0 amide bonds. The fourth-order valence-electron chi connectivity index (χ4n) is 1.36. The predicted molar refractivity (Wildman–Crippen MR) is 64.8 cm³/mol. The van der Waals surface area contributed by atoms with Crippen molar-refractivity contribution in [3.05, 3.63) is 9.47 Å². The number of likely N-dealkylation sites (N-methyl/N-ethyl adjacent to an activating group) is 1. The van der Waals surface area contributed by atoms with Crippen molar-refractivity contribution >= 4 is 22.9 Å². The molecule has 0 saturated heterocycles. The van der Waals surface area contributed by atoms with Crippen LogP contribution in [0, 0.1) is 5.92 Å². The van der Waals surface area contributed by atoms with Gasteiger partial charge in [0.2, 0.25) is 4.47 Å². The highest BCUT2D eigenvalue weighted by atomic mass is 35.5. The molecule has 0 N–H and O–H groups in total. The minimum atomic E-state index is 0.508. The van der Waals surface area contributed by atoms with Crippen LogP contribution in [0.1, 0.15) is 17.8 Å². The topological polar surface area (TPSA) is 38.2 Å². The molecule has 0 radical (unpaired) electrons. The normalized spacial score (nSPS) is 15.9. The first-order valence-electron chi connectivity index (χ1n) is 5.48. The first-order valence-corrected chi connectivity index (χ1v) is 6.67. The Labute approximate surface area is 105 Å². The highest BCUT2D eigenvalue weighted by Crippen LogP contribution is 2.28. The van der Waals surface area contributed by atoms with E-state index in [2.05, 4.69) is 22.1 Å². The van der Waals surface area contributed by atoms with Crippen molar-refractivity contribution in [2.45, 2.75) is 19.4 Å². The van der Waals surface area contributed by atoms with Crippen LogP contribution >= 0.6 is 22.9 Å². The predicted octanol–water partition coefficient (Wildman–Crippen LogP) is 2.05. The minimum absolute atomic E-state index is 0.508. The quantitative estimate of drug-likeness (QED) is 0.704. The van der Waals surface area contributed by atoms with Crippen molar-refractivity contribution in [3.8, 4) is 0 Å². The molecule has 1 aliphatic rings. The van der Waals surface area contributed by atoms with Gasteiger partial charge in [0.25, 0.3) is 0 Å². The van der Waals surface area contributed by atoms with Crippen LogP contribution in [0.2, 0.25) is 4.47 Å². The lowest BCUT2D eigenvalue weighted by Gasteiger charge is -2.14. The van der Waals surface area contributed by atoms with E-state index < -0.39 is 0 Å². The Morgan fingerprint density at radius 1 is 1.50 bits per heavy atom. The third-order valence-electron chi connectivity index (χ3n) is 2.52. The van der Waals surface area contributed by atoms with Crippen molar-refractivity contribution in [2.75, 3.05) is 26.8 Å². The van der Waals surface area contributed by atoms with Crippen molar-refractivity contribution < 1.29 is 4.74 Å². The average molecular weight is 262 g/mol. The fraction of sp³-hybridized carbons (Fsp3) is 0.800. The lowest BCUT2D eigenvalue weighted by Crippen LogP contribution is -2.23. The molecule has 0 bridgehead atoms. The summed E-state index contributed by atoms with van der Waals surface area (Å²) in [7, 11) is 2.05. The van der Waals surface area contributed by atoms with Gasteiger partial charge in [0, 0.05) is 13.2 Å². The maximum atomic E-state index is 5.71. The Morgan fingerprint density at radius 3 is 2.94 bits per heavy atom. The van der Waals surface area contributed by atoms with E-state index in [0.29, 0.717) is 4.47 Å². The van der Waals surface area contributed by atoms with Gasteiger partial charge < -0.3 is 4.74 Å². The van der Waals surface area contributed by atoms with Crippen molar-refractivity contribution in [1.29, 1.82) is 0 Å². The third-order valence-corrected chi connectivity index (χ3v) is 3.52. The van der Waals surface area contributed by atoms with E-state index in [0.717, 1.165) is 37.2 Å². The molecule has 2 rings (SSSR count). The Hall–Kier alpha value is -0.230. The Balaban J connectivity index is 1.57. The summed E-state index contributed by atoms with van der Waals surface area (Å²) in [5, 5.41) is 8.70. The molecule has 1 heterocycles. The minimum Gasteiger partial charge on any atom is -0.380 e. The summed E-state index contributed by atoms with van der Waals surface area (Å²) in [6, 6.07) is 0. The molecule has 0 aliphatic heterocycles. The molecule has 1 aromatic rings. The van der Waals surface area contributed by atoms with Gasteiger partial charge in [-0.3, -0.25) is 4.90 Å². The molecular weight excluding hydrogens is 246 g/mol. The van der Waals surface area contributed by atoms with Crippen molar-refractivity contribution in [3.63, 3.8) is 0 Å². The van der Waals surface area contributed by atoms with E-state index in [1.807, 2.05) is 0 Å². The van der Waals surface area contributed by atoms with Crippen molar-refractivity contribution in [2.24, 2.45) is 5.92 Å². The molecule has 0 unspecified atom stereocenters. The highest BCUT2D eigenvalue weighted by Gasteiger charge is 2.20. The smallest absolute Gasteiger partial charge is 0.207 e. The SMILES string of the molecule is CN(CCOCC1CC1)Cc1nnc(Cl)s1.